The average Bonchev–Trinajstić information content (AvgIpc) is 2.62. The molecule has 0 aromatic heterocycles. The molecule has 0 radical (unpaired) electrons. The SMILES string of the molecule is Cc1ccc(S(=O)(=O)NCC(=O)OCC(=O)Nc2cc(Cl)ccc2Cl)cc1. The van der Waals surface area contributed by atoms with E-state index in [1.165, 1.54) is 24.3 Å². The number of aryl methyl sites for hydroxylation is 1. The number of ether oxygens (including phenoxy) is 1. The maximum atomic E-state index is 12.1. The lowest BCUT2D eigenvalue weighted by Crippen LogP contribution is -2.32. The number of carbonyl (C=O) groups excluding carboxylic acids is 2. The van der Waals surface area contributed by atoms with Gasteiger partial charge in [0, 0.05) is 5.02 Å². The van der Waals surface area contributed by atoms with Crippen LogP contribution in [-0.2, 0) is 24.3 Å². The molecule has 0 unspecified atom stereocenters. The summed E-state index contributed by atoms with van der Waals surface area (Å²) in [5.41, 5.74) is 1.17. The van der Waals surface area contributed by atoms with Gasteiger partial charge in [0.25, 0.3) is 5.91 Å². The highest BCUT2D eigenvalue weighted by Crippen LogP contribution is 2.25. The predicted octanol–water partition coefficient (Wildman–Crippen LogP) is 2.76. The van der Waals surface area contributed by atoms with Gasteiger partial charge in [0.15, 0.2) is 6.61 Å². The quantitative estimate of drug-likeness (QED) is 0.657. The minimum atomic E-state index is -3.85. The summed E-state index contributed by atoms with van der Waals surface area (Å²) in [5.74, 6) is -1.55. The van der Waals surface area contributed by atoms with Gasteiger partial charge in [-0.1, -0.05) is 40.9 Å². The van der Waals surface area contributed by atoms with Crippen molar-refractivity contribution < 1.29 is 22.7 Å². The first kappa shape index (κ1) is 21.2. The van der Waals surface area contributed by atoms with E-state index in [4.69, 9.17) is 27.9 Å². The van der Waals surface area contributed by atoms with E-state index < -0.39 is 35.1 Å². The minimum absolute atomic E-state index is 0.0224. The van der Waals surface area contributed by atoms with E-state index in [1.807, 2.05) is 6.92 Å². The van der Waals surface area contributed by atoms with Crippen LogP contribution in [0.15, 0.2) is 47.4 Å². The van der Waals surface area contributed by atoms with Crippen LogP contribution < -0.4 is 10.0 Å². The van der Waals surface area contributed by atoms with Crippen LogP contribution in [0.1, 0.15) is 5.56 Å². The van der Waals surface area contributed by atoms with E-state index >= 15 is 0 Å². The van der Waals surface area contributed by atoms with E-state index in [0.29, 0.717) is 5.02 Å². The summed E-state index contributed by atoms with van der Waals surface area (Å²) in [6.07, 6.45) is 0. The van der Waals surface area contributed by atoms with Gasteiger partial charge in [-0.2, -0.15) is 4.72 Å². The molecule has 0 bridgehead atoms. The lowest BCUT2D eigenvalue weighted by atomic mass is 10.2. The number of rotatable bonds is 7. The maximum absolute atomic E-state index is 12.1. The molecule has 0 aliphatic rings. The zero-order valence-corrected chi connectivity index (χ0v) is 16.5. The summed E-state index contributed by atoms with van der Waals surface area (Å²) in [4.78, 5) is 23.5. The van der Waals surface area contributed by atoms with Crippen molar-refractivity contribution in [2.24, 2.45) is 0 Å². The van der Waals surface area contributed by atoms with Gasteiger partial charge in [-0.25, -0.2) is 8.42 Å². The molecule has 144 valence electrons. The number of carbonyl (C=O) groups is 2. The number of halogens is 2. The van der Waals surface area contributed by atoms with Gasteiger partial charge >= 0.3 is 5.97 Å². The highest BCUT2D eigenvalue weighted by atomic mass is 35.5. The molecule has 0 aliphatic heterocycles. The number of amides is 1. The molecule has 0 heterocycles. The van der Waals surface area contributed by atoms with Gasteiger partial charge in [-0.15, -0.1) is 0 Å². The normalized spacial score (nSPS) is 11.1. The molecular weight excluding hydrogens is 415 g/mol. The third-order valence-electron chi connectivity index (χ3n) is 3.30. The van der Waals surface area contributed by atoms with Crippen LogP contribution in [0.25, 0.3) is 0 Å². The van der Waals surface area contributed by atoms with Crippen LogP contribution in [0.2, 0.25) is 10.0 Å². The molecule has 2 aromatic carbocycles. The average molecular weight is 431 g/mol. The maximum Gasteiger partial charge on any atom is 0.321 e. The highest BCUT2D eigenvalue weighted by Gasteiger charge is 2.16. The fourth-order valence-electron chi connectivity index (χ4n) is 1.93. The number of hydrogen-bond donors (Lipinski definition) is 2. The van der Waals surface area contributed by atoms with E-state index in [0.717, 1.165) is 5.56 Å². The van der Waals surface area contributed by atoms with Crippen molar-refractivity contribution in [3.05, 3.63) is 58.1 Å². The largest absolute Gasteiger partial charge is 0.455 e. The Morgan fingerprint density at radius 3 is 2.41 bits per heavy atom. The zero-order chi connectivity index (χ0) is 20.0. The number of nitrogens with one attached hydrogen (secondary N) is 2. The number of anilines is 1. The molecule has 7 nitrogen and oxygen atoms in total. The van der Waals surface area contributed by atoms with Crippen molar-refractivity contribution >= 4 is 50.8 Å². The monoisotopic (exact) mass is 430 g/mol. The Balaban J connectivity index is 1.82. The van der Waals surface area contributed by atoms with Crippen molar-refractivity contribution in [3.8, 4) is 0 Å². The topological polar surface area (TPSA) is 102 Å². The Hall–Kier alpha value is -2.13. The molecule has 0 saturated carbocycles. The Labute approximate surface area is 166 Å². The van der Waals surface area contributed by atoms with Crippen LogP contribution in [0.4, 0.5) is 5.69 Å². The molecular formula is C17H16Cl2N2O5S. The van der Waals surface area contributed by atoms with Crippen molar-refractivity contribution in [1.82, 2.24) is 4.72 Å². The van der Waals surface area contributed by atoms with Gasteiger partial charge in [-0.3, -0.25) is 9.59 Å². The van der Waals surface area contributed by atoms with Gasteiger partial charge < -0.3 is 10.1 Å². The second-order valence-electron chi connectivity index (χ2n) is 5.47. The van der Waals surface area contributed by atoms with Crippen LogP contribution in [0, 0.1) is 6.92 Å². The molecule has 0 saturated heterocycles. The first-order valence-corrected chi connectivity index (χ1v) is 9.88. The van der Waals surface area contributed by atoms with Crippen LogP contribution >= 0.6 is 23.2 Å². The van der Waals surface area contributed by atoms with Gasteiger partial charge in [0.1, 0.15) is 6.54 Å². The third-order valence-corrected chi connectivity index (χ3v) is 5.29. The zero-order valence-electron chi connectivity index (χ0n) is 14.2. The van der Waals surface area contributed by atoms with Crippen LogP contribution in [0.3, 0.4) is 0 Å². The molecule has 2 N–H and O–H groups in total. The summed E-state index contributed by atoms with van der Waals surface area (Å²) in [5, 5.41) is 3.08. The molecule has 10 heteroatoms. The van der Waals surface area contributed by atoms with Crippen molar-refractivity contribution in [1.29, 1.82) is 0 Å². The van der Waals surface area contributed by atoms with Crippen LogP contribution in [-0.4, -0.2) is 33.4 Å². The number of hydrogen-bond acceptors (Lipinski definition) is 5. The predicted molar refractivity (Wildman–Crippen MR) is 102 cm³/mol. The smallest absolute Gasteiger partial charge is 0.321 e. The molecule has 2 rings (SSSR count). The van der Waals surface area contributed by atoms with E-state index in [2.05, 4.69) is 10.0 Å². The summed E-state index contributed by atoms with van der Waals surface area (Å²) >= 11 is 11.7. The van der Waals surface area contributed by atoms with Crippen molar-refractivity contribution in [2.45, 2.75) is 11.8 Å². The lowest BCUT2D eigenvalue weighted by molar-refractivity contribution is -0.146. The Morgan fingerprint density at radius 1 is 1.07 bits per heavy atom. The fraction of sp³-hybridized carbons (Fsp3) is 0.176. The second kappa shape index (κ2) is 9.18. The Bertz CT molecular complexity index is 946. The summed E-state index contributed by atoms with van der Waals surface area (Å²) < 4.78 is 31.0. The summed E-state index contributed by atoms with van der Waals surface area (Å²) in [6.45, 7) is 0.609. The molecule has 0 aliphatic carbocycles. The van der Waals surface area contributed by atoms with Gasteiger partial charge in [0.2, 0.25) is 10.0 Å². The number of esters is 1. The van der Waals surface area contributed by atoms with E-state index in [1.54, 1.807) is 18.2 Å². The standard InChI is InChI=1S/C17H16Cl2N2O5S/c1-11-2-5-13(6-3-11)27(24,25)20-9-17(23)26-10-16(22)21-15-8-12(18)4-7-14(15)19/h2-8,20H,9-10H2,1H3,(H,21,22). The Morgan fingerprint density at radius 2 is 1.74 bits per heavy atom. The summed E-state index contributed by atoms with van der Waals surface area (Å²) in [6, 6.07) is 10.6. The first-order chi connectivity index (χ1) is 12.7. The molecule has 0 spiro atoms. The lowest BCUT2D eigenvalue weighted by Gasteiger charge is -2.09. The molecule has 1 amide bonds. The molecule has 0 atom stereocenters. The second-order valence-corrected chi connectivity index (χ2v) is 8.08. The first-order valence-electron chi connectivity index (χ1n) is 7.64. The highest BCUT2D eigenvalue weighted by molar-refractivity contribution is 7.89. The fourth-order valence-corrected chi connectivity index (χ4v) is 3.24. The summed E-state index contributed by atoms with van der Waals surface area (Å²) in [7, 11) is -3.85. The molecule has 0 fully saturated rings. The third kappa shape index (κ3) is 6.51. The Kier molecular flexibility index (Phi) is 7.20. The van der Waals surface area contributed by atoms with Crippen molar-refractivity contribution in [3.63, 3.8) is 0 Å². The van der Waals surface area contributed by atoms with Crippen molar-refractivity contribution in [2.75, 3.05) is 18.5 Å². The van der Waals surface area contributed by atoms with Gasteiger partial charge in [-0.05, 0) is 37.3 Å². The number of benzene rings is 2. The van der Waals surface area contributed by atoms with E-state index in [9.17, 15) is 18.0 Å². The minimum Gasteiger partial charge on any atom is -0.455 e. The number of sulfonamides is 1. The molecule has 2 aromatic rings. The van der Waals surface area contributed by atoms with Gasteiger partial charge in [0.05, 0.1) is 15.6 Å². The van der Waals surface area contributed by atoms with E-state index in [-0.39, 0.29) is 15.6 Å². The molecule has 27 heavy (non-hydrogen) atoms. The van der Waals surface area contributed by atoms with Crippen LogP contribution in [0.5, 0.6) is 0 Å².